The Bertz CT molecular complexity index is 1030. The van der Waals surface area contributed by atoms with Gasteiger partial charge in [0.25, 0.3) is 5.91 Å². The van der Waals surface area contributed by atoms with Crippen LogP contribution in [0.5, 0.6) is 0 Å². The van der Waals surface area contributed by atoms with Crippen molar-refractivity contribution in [3.8, 4) is 0 Å². The molecule has 2 amide bonds. The zero-order valence-corrected chi connectivity index (χ0v) is 17.3. The SMILES string of the molecule is O=C(NCCc1ccc(Cl)cc1)[C@H](Cc1ccccc1)N1Cc2ccccc2C1=O. The first-order valence-electron chi connectivity index (χ1n) is 10.1. The summed E-state index contributed by atoms with van der Waals surface area (Å²) in [5.74, 6) is -0.214. The summed E-state index contributed by atoms with van der Waals surface area (Å²) >= 11 is 5.93. The number of nitrogens with one attached hydrogen (secondary N) is 1. The van der Waals surface area contributed by atoms with Crippen LogP contribution in [0.2, 0.25) is 5.02 Å². The van der Waals surface area contributed by atoms with Crippen molar-refractivity contribution >= 4 is 23.4 Å². The van der Waals surface area contributed by atoms with E-state index >= 15 is 0 Å². The molecule has 1 aliphatic rings. The van der Waals surface area contributed by atoms with Crippen molar-refractivity contribution in [2.45, 2.75) is 25.4 Å². The molecular formula is C25H23ClN2O2. The van der Waals surface area contributed by atoms with Gasteiger partial charge < -0.3 is 10.2 Å². The number of amides is 2. The lowest BCUT2D eigenvalue weighted by Gasteiger charge is -2.27. The maximum atomic E-state index is 13.1. The second-order valence-corrected chi connectivity index (χ2v) is 7.90. The van der Waals surface area contributed by atoms with Crippen LogP contribution in [0.3, 0.4) is 0 Å². The van der Waals surface area contributed by atoms with Crippen LogP contribution in [-0.4, -0.2) is 29.3 Å². The average molecular weight is 419 g/mol. The molecule has 0 aromatic heterocycles. The van der Waals surface area contributed by atoms with Gasteiger partial charge in [-0.05, 0) is 41.3 Å². The number of rotatable bonds is 7. The molecule has 0 unspecified atom stereocenters. The molecule has 152 valence electrons. The van der Waals surface area contributed by atoms with Gasteiger partial charge in [0.2, 0.25) is 5.91 Å². The van der Waals surface area contributed by atoms with E-state index in [1.807, 2.05) is 78.9 Å². The number of carbonyl (C=O) groups excluding carboxylic acids is 2. The van der Waals surface area contributed by atoms with E-state index < -0.39 is 6.04 Å². The molecule has 1 aliphatic heterocycles. The minimum atomic E-state index is -0.558. The first-order valence-corrected chi connectivity index (χ1v) is 10.4. The molecule has 0 bridgehead atoms. The molecular weight excluding hydrogens is 396 g/mol. The normalized spacial score (nSPS) is 13.8. The Morgan fingerprint density at radius 3 is 2.37 bits per heavy atom. The number of halogens is 1. The fraction of sp³-hybridized carbons (Fsp3) is 0.200. The molecule has 0 saturated carbocycles. The van der Waals surface area contributed by atoms with Crippen molar-refractivity contribution in [1.29, 1.82) is 0 Å². The summed E-state index contributed by atoms with van der Waals surface area (Å²) in [7, 11) is 0. The summed E-state index contributed by atoms with van der Waals surface area (Å²) in [5, 5.41) is 3.72. The van der Waals surface area contributed by atoms with Crippen molar-refractivity contribution in [2.24, 2.45) is 0 Å². The molecule has 0 aliphatic carbocycles. The lowest BCUT2D eigenvalue weighted by atomic mass is 10.0. The summed E-state index contributed by atoms with van der Waals surface area (Å²) in [6.07, 6.45) is 1.18. The van der Waals surface area contributed by atoms with E-state index in [2.05, 4.69) is 5.32 Å². The van der Waals surface area contributed by atoms with E-state index in [0.717, 1.165) is 16.7 Å². The molecule has 0 saturated heterocycles. The molecule has 1 heterocycles. The molecule has 4 rings (SSSR count). The minimum absolute atomic E-state index is 0.0839. The van der Waals surface area contributed by atoms with Crippen LogP contribution in [0.25, 0.3) is 0 Å². The van der Waals surface area contributed by atoms with Gasteiger partial charge >= 0.3 is 0 Å². The van der Waals surface area contributed by atoms with E-state index in [-0.39, 0.29) is 11.8 Å². The van der Waals surface area contributed by atoms with Crippen molar-refractivity contribution < 1.29 is 9.59 Å². The number of hydrogen-bond acceptors (Lipinski definition) is 2. The zero-order chi connectivity index (χ0) is 20.9. The van der Waals surface area contributed by atoms with E-state index in [4.69, 9.17) is 11.6 Å². The van der Waals surface area contributed by atoms with Crippen molar-refractivity contribution in [3.63, 3.8) is 0 Å². The predicted molar refractivity (Wildman–Crippen MR) is 118 cm³/mol. The summed E-state index contributed by atoms with van der Waals surface area (Å²) in [5.41, 5.74) is 3.78. The van der Waals surface area contributed by atoms with Crippen molar-refractivity contribution in [2.75, 3.05) is 6.54 Å². The van der Waals surface area contributed by atoms with Crippen LogP contribution in [0, 0.1) is 0 Å². The lowest BCUT2D eigenvalue weighted by molar-refractivity contribution is -0.125. The summed E-state index contributed by atoms with van der Waals surface area (Å²) < 4.78 is 0. The molecule has 0 fully saturated rings. The minimum Gasteiger partial charge on any atom is -0.354 e. The lowest BCUT2D eigenvalue weighted by Crippen LogP contribution is -2.48. The molecule has 4 nitrogen and oxygen atoms in total. The molecule has 5 heteroatoms. The van der Waals surface area contributed by atoms with Crippen LogP contribution in [0.1, 0.15) is 27.0 Å². The number of carbonyl (C=O) groups is 2. The van der Waals surface area contributed by atoms with Crippen molar-refractivity contribution in [3.05, 3.63) is 106 Å². The number of fused-ring (bicyclic) bond motifs is 1. The van der Waals surface area contributed by atoms with Gasteiger partial charge in [-0.25, -0.2) is 0 Å². The van der Waals surface area contributed by atoms with Crippen LogP contribution in [0.4, 0.5) is 0 Å². The highest BCUT2D eigenvalue weighted by molar-refractivity contribution is 6.30. The molecule has 1 N–H and O–H groups in total. The van der Waals surface area contributed by atoms with Crippen LogP contribution in [0.15, 0.2) is 78.9 Å². The standard InChI is InChI=1S/C25H23ClN2O2/c26-21-12-10-18(11-13-21)14-15-27-24(29)23(16-19-6-2-1-3-7-19)28-17-20-8-4-5-9-22(20)25(28)30/h1-13,23H,14-17H2,(H,27,29)/t23-/m0/s1. The molecule has 0 radical (unpaired) electrons. The third kappa shape index (κ3) is 4.55. The Morgan fingerprint density at radius 1 is 0.933 bits per heavy atom. The molecule has 3 aromatic rings. The average Bonchev–Trinajstić information content (AvgIpc) is 3.10. The molecule has 1 atom stereocenters. The van der Waals surface area contributed by atoms with Gasteiger partial charge in [0.1, 0.15) is 6.04 Å². The maximum Gasteiger partial charge on any atom is 0.255 e. The van der Waals surface area contributed by atoms with Gasteiger partial charge in [-0.2, -0.15) is 0 Å². The summed E-state index contributed by atoms with van der Waals surface area (Å²) in [6, 6.07) is 24.4. The van der Waals surface area contributed by atoms with E-state index in [9.17, 15) is 9.59 Å². The van der Waals surface area contributed by atoms with Gasteiger partial charge in [0.05, 0.1) is 0 Å². The Hall–Kier alpha value is -3.11. The zero-order valence-electron chi connectivity index (χ0n) is 16.6. The van der Waals surface area contributed by atoms with E-state index in [1.54, 1.807) is 4.90 Å². The Morgan fingerprint density at radius 2 is 1.63 bits per heavy atom. The van der Waals surface area contributed by atoms with Gasteiger partial charge in [0.15, 0.2) is 0 Å². The van der Waals surface area contributed by atoms with Crippen LogP contribution < -0.4 is 5.32 Å². The Balaban J connectivity index is 1.48. The van der Waals surface area contributed by atoms with Crippen LogP contribution >= 0.6 is 11.6 Å². The summed E-state index contributed by atoms with van der Waals surface area (Å²) in [4.78, 5) is 27.8. The quantitative estimate of drug-likeness (QED) is 0.623. The number of benzene rings is 3. The number of hydrogen-bond donors (Lipinski definition) is 1. The van der Waals surface area contributed by atoms with Gasteiger partial charge in [-0.3, -0.25) is 9.59 Å². The van der Waals surface area contributed by atoms with Gasteiger partial charge in [-0.15, -0.1) is 0 Å². The van der Waals surface area contributed by atoms with Gasteiger partial charge in [0, 0.05) is 30.1 Å². The Labute approximate surface area is 181 Å². The van der Waals surface area contributed by atoms with Crippen LogP contribution in [-0.2, 0) is 24.2 Å². The third-order valence-electron chi connectivity index (χ3n) is 5.43. The number of nitrogens with zero attached hydrogens (tertiary/aromatic N) is 1. The summed E-state index contributed by atoms with van der Waals surface area (Å²) in [6.45, 7) is 0.956. The van der Waals surface area contributed by atoms with E-state index in [1.165, 1.54) is 0 Å². The highest BCUT2D eigenvalue weighted by Crippen LogP contribution is 2.26. The third-order valence-corrected chi connectivity index (χ3v) is 5.68. The predicted octanol–water partition coefficient (Wildman–Crippen LogP) is 4.27. The van der Waals surface area contributed by atoms with E-state index in [0.29, 0.717) is 36.5 Å². The van der Waals surface area contributed by atoms with Crippen molar-refractivity contribution in [1.82, 2.24) is 10.2 Å². The first-order chi connectivity index (χ1) is 14.6. The fourth-order valence-electron chi connectivity index (χ4n) is 3.81. The molecule has 0 spiro atoms. The maximum absolute atomic E-state index is 13.1. The van der Waals surface area contributed by atoms with Gasteiger partial charge in [-0.1, -0.05) is 72.3 Å². The Kier molecular flexibility index (Phi) is 6.15. The molecule has 30 heavy (non-hydrogen) atoms. The second kappa shape index (κ2) is 9.14. The fourth-order valence-corrected chi connectivity index (χ4v) is 3.94. The topological polar surface area (TPSA) is 49.4 Å². The monoisotopic (exact) mass is 418 g/mol. The largest absolute Gasteiger partial charge is 0.354 e. The first kappa shape index (κ1) is 20.2. The molecule has 3 aromatic carbocycles. The highest BCUT2D eigenvalue weighted by atomic mass is 35.5. The second-order valence-electron chi connectivity index (χ2n) is 7.46. The smallest absolute Gasteiger partial charge is 0.255 e. The highest BCUT2D eigenvalue weighted by Gasteiger charge is 2.36.